The van der Waals surface area contributed by atoms with Crippen LogP contribution in [0.1, 0.15) is 44.6 Å². The third kappa shape index (κ3) is 4.44. The first kappa shape index (κ1) is 29.9. The molecule has 0 unspecified atom stereocenters. The lowest BCUT2D eigenvalue weighted by Crippen LogP contribution is -2.62. The van der Waals surface area contributed by atoms with Crippen molar-refractivity contribution in [2.24, 2.45) is 0 Å². The minimum absolute atomic E-state index is 0.0300. The number of aromatic nitrogens is 3. The Balaban J connectivity index is 1.34. The number of rotatable bonds is 5. The average Bonchev–Trinajstić information content (AvgIpc) is 3.63. The van der Waals surface area contributed by atoms with Crippen LogP contribution in [0.3, 0.4) is 0 Å². The van der Waals surface area contributed by atoms with Crippen molar-refractivity contribution in [3.63, 3.8) is 0 Å². The van der Waals surface area contributed by atoms with Gasteiger partial charge in [0.05, 0.1) is 22.2 Å². The number of pyridine rings is 1. The van der Waals surface area contributed by atoms with Crippen LogP contribution in [0.15, 0.2) is 11.0 Å². The summed E-state index contributed by atoms with van der Waals surface area (Å²) in [5.74, 6) is -1.41. The molecule has 7 heterocycles. The maximum absolute atomic E-state index is 16.9. The molecule has 5 aliphatic heterocycles. The van der Waals surface area contributed by atoms with Gasteiger partial charge in [-0.05, 0) is 52.1 Å². The van der Waals surface area contributed by atoms with Crippen molar-refractivity contribution in [1.29, 1.82) is 0 Å². The highest BCUT2D eigenvalue weighted by atomic mass is 32.2. The van der Waals surface area contributed by atoms with Crippen LogP contribution in [0, 0.1) is 18.6 Å². The predicted molar refractivity (Wildman–Crippen MR) is 165 cm³/mol. The zero-order chi connectivity index (χ0) is 32.3. The lowest BCUT2D eigenvalue weighted by Gasteiger charge is -2.42. The number of sulfone groups is 1. The summed E-state index contributed by atoms with van der Waals surface area (Å²) in [6.45, 7) is 5.05. The molecule has 6 atom stereocenters. The number of anilines is 2. The standard InChI is InChI=1S/C31H36F3N7O4S/c1-14-22(33)19(35)9-18(27(14)46(3,42)43)24-23(34)25-21-28(39-30(38-25)44-13-31-7-4-8-40(31)11-16(32)10-31)41-12-17-5-6-20(36-17)26(41)15(2)45-29(21)37-24/h9,15-17,20,26,36H,4-8,10-13,35H2,1-3H3/t15-,16+,17+,20-,26+,31-/m0/s1. The van der Waals surface area contributed by atoms with Crippen LogP contribution in [-0.2, 0) is 9.84 Å². The second kappa shape index (κ2) is 10.3. The summed E-state index contributed by atoms with van der Waals surface area (Å²) in [4.78, 5) is 17.7. The van der Waals surface area contributed by atoms with Gasteiger partial charge >= 0.3 is 6.01 Å². The highest BCUT2D eigenvalue weighted by Crippen LogP contribution is 2.46. The highest BCUT2D eigenvalue weighted by Gasteiger charge is 2.50. The van der Waals surface area contributed by atoms with Crippen molar-refractivity contribution in [2.45, 2.75) is 86.8 Å². The minimum Gasteiger partial charge on any atom is -0.472 e. The third-order valence-electron chi connectivity index (χ3n) is 10.6. The number of nitrogens with two attached hydrogens (primary N) is 1. The summed E-state index contributed by atoms with van der Waals surface area (Å²) < 4.78 is 84.9. The largest absolute Gasteiger partial charge is 0.472 e. The Morgan fingerprint density at radius 2 is 2.00 bits per heavy atom. The van der Waals surface area contributed by atoms with Gasteiger partial charge in [0, 0.05) is 49.0 Å². The second-order valence-electron chi connectivity index (χ2n) is 13.6. The average molecular weight is 660 g/mol. The second-order valence-corrected chi connectivity index (χ2v) is 15.5. The lowest BCUT2D eigenvalue weighted by molar-refractivity contribution is 0.107. The number of fused-ring (bicyclic) bond motifs is 6. The Morgan fingerprint density at radius 3 is 2.78 bits per heavy atom. The number of benzene rings is 1. The summed E-state index contributed by atoms with van der Waals surface area (Å²) in [5.41, 5.74) is 4.09. The molecule has 15 heteroatoms. The molecule has 246 valence electrons. The zero-order valence-corrected chi connectivity index (χ0v) is 26.6. The SMILES string of the molecule is Cc1c(F)c(N)cc(-c2nc3c4c(nc(OC[C@@]56CCCN5C[C@H](F)C6)nc4c2F)N2C[C@H]4CC[C@H](N4)[C@H]2[C@H](C)O3)c1S(C)(=O)=O. The van der Waals surface area contributed by atoms with Gasteiger partial charge in [0.1, 0.15) is 47.1 Å². The molecule has 0 radical (unpaired) electrons. The molecule has 0 amide bonds. The number of nitrogen functional groups attached to an aromatic ring is 1. The summed E-state index contributed by atoms with van der Waals surface area (Å²) in [5, 5.41) is 3.89. The van der Waals surface area contributed by atoms with Gasteiger partial charge in [-0.15, -0.1) is 0 Å². The van der Waals surface area contributed by atoms with Crippen LogP contribution in [0.25, 0.3) is 22.2 Å². The first-order valence-electron chi connectivity index (χ1n) is 15.8. The van der Waals surface area contributed by atoms with E-state index in [4.69, 9.17) is 20.2 Å². The summed E-state index contributed by atoms with van der Waals surface area (Å²) >= 11 is 0. The van der Waals surface area contributed by atoms with Gasteiger partial charge in [-0.3, -0.25) is 4.90 Å². The van der Waals surface area contributed by atoms with Crippen molar-refractivity contribution < 1.29 is 31.1 Å². The molecule has 4 fully saturated rings. The lowest BCUT2D eigenvalue weighted by atomic mass is 9.95. The fourth-order valence-electron chi connectivity index (χ4n) is 8.64. The summed E-state index contributed by atoms with van der Waals surface area (Å²) in [6, 6.07) is 1.12. The van der Waals surface area contributed by atoms with Crippen LogP contribution >= 0.6 is 0 Å². The van der Waals surface area contributed by atoms with Crippen molar-refractivity contribution >= 4 is 32.2 Å². The molecule has 0 spiro atoms. The Morgan fingerprint density at radius 1 is 1.20 bits per heavy atom. The Labute approximate surface area is 264 Å². The van der Waals surface area contributed by atoms with Crippen LogP contribution in [-0.4, -0.2) is 96.7 Å². The van der Waals surface area contributed by atoms with Gasteiger partial charge in [0.25, 0.3) is 0 Å². The number of hydrogen-bond acceptors (Lipinski definition) is 11. The van der Waals surface area contributed by atoms with Gasteiger partial charge in [-0.25, -0.2) is 26.6 Å². The number of nitrogens with one attached hydrogen (secondary N) is 1. The van der Waals surface area contributed by atoms with E-state index in [2.05, 4.69) is 25.1 Å². The highest BCUT2D eigenvalue weighted by molar-refractivity contribution is 7.90. The first-order valence-corrected chi connectivity index (χ1v) is 17.7. The van der Waals surface area contributed by atoms with Crippen LogP contribution < -0.4 is 25.4 Å². The van der Waals surface area contributed by atoms with Crippen LogP contribution in [0.5, 0.6) is 11.9 Å². The fourth-order valence-corrected chi connectivity index (χ4v) is 9.84. The molecule has 3 N–H and O–H groups in total. The van der Waals surface area contributed by atoms with E-state index in [1.165, 1.54) is 6.92 Å². The minimum atomic E-state index is -4.07. The quantitative estimate of drug-likeness (QED) is 0.391. The molecular weight excluding hydrogens is 623 g/mol. The van der Waals surface area contributed by atoms with Crippen molar-refractivity contribution in [3.8, 4) is 23.1 Å². The third-order valence-corrected chi connectivity index (χ3v) is 11.8. The molecule has 0 saturated carbocycles. The van der Waals surface area contributed by atoms with E-state index in [1.54, 1.807) is 0 Å². The topological polar surface area (TPSA) is 136 Å². The van der Waals surface area contributed by atoms with E-state index < -0.39 is 49.9 Å². The van der Waals surface area contributed by atoms with E-state index in [0.717, 1.165) is 44.6 Å². The zero-order valence-electron chi connectivity index (χ0n) is 25.8. The number of nitrogens with zero attached hydrogens (tertiary/aromatic N) is 5. The molecular formula is C31H36F3N7O4S. The van der Waals surface area contributed by atoms with Gasteiger partial charge in [-0.1, -0.05) is 0 Å². The van der Waals surface area contributed by atoms with Crippen LogP contribution in [0.4, 0.5) is 24.7 Å². The summed E-state index contributed by atoms with van der Waals surface area (Å²) in [6.07, 6.45) is 3.48. The molecule has 11 nitrogen and oxygen atoms in total. The molecule has 3 aromatic rings. The predicted octanol–water partition coefficient (Wildman–Crippen LogP) is 3.31. The Bertz CT molecular complexity index is 1900. The molecule has 0 aliphatic carbocycles. The van der Waals surface area contributed by atoms with E-state index in [9.17, 15) is 17.2 Å². The van der Waals surface area contributed by atoms with E-state index in [1.807, 2.05) is 6.92 Å². The van der Waals surface area contributed by atoms with Crippen LogP contribution in [0.2, 0.25) is 0 Å². The number of piperazine rings is 1. The molecule has 1 aromatic carbocycles. The van der Waals surface area contributed by atoms with Gasteiger partial charge in [0.2, 0.25) is 5.88 Å². The molecule has 8 rings (SSSR count). The number of ether oxygens (including phenoxy) is 2. The molecule has 4 saturated heterocycles. The normalized spacial score (nSPS) is 30.3. The number of hydrogen-bond donors (Lipinski definition) is 2. The fraction of sp³-hybridized carbons (Fsp3) is 0.581. The van der Waals surface area contributed by atoms with Gasteiger partial charge in [-0.2, -0.15) is 9.97 Å². The molecule has 2 aromatic heterocycles. The number of alkyl halides is 1. The first-order chi connectivity index (χ1) is 21.8. The Kier molecular flexibility index (Phi) is 6.69. The van der Waals surface area contributed by atoms with Crippen molar-refractivity contribution in [1.82, 2.24) is 25.2 Å². The smallest absolute Gasteiger partial charge is 0.319 e. The van der Waals surface area contributed by atoms with Crippen molar-refractivity contribution in [2.75, 3.05) is 43.1 Å². The summed E-state index contributed by atoms with van der Waals surface area (Å²) in [7, 11) is -4.07. The van der Waals surface area contributed by atoms with E-state index >= 15 is 4.39 Å². The monoisotopic (exact) mass is 659 g/mol. The molecule has 5 aliphatic rings. The maximum Gasteiger partial charge on any atom is 0.319 e. The molecule has 46 heavy (non-hydrogen) atoms. The maximum atomic E-state index is 16.9. The van der Waals surface area contributed by atoms with E-state index in [0.29, 0.717) is 25.3 Å². The molecule has 2 bridgehead atoms. The van der Waals surface area contributed by atoms with Crippen molar-refractivity contribution in [3.05, 3.63) is 23.3 Å². The van der Waals surface area contributed by atoms with E-state index in [-0.39, 0.29) is 64.3 Å². The number of halogens is 3. The van der Waals surface area contributed by atoms with Gasteiger partial charge < -0.3 is 25.4 Å². The van der Waals surface area contributed by atoms with Gasteiger partial charge in [0.15, 0.2) is 15.7 Å². The Hall–Kier alpha value is -3.43.